The van der Waals surface area contributed by atoms with E-state index in [-0.39, 0.29) is 0 Å². The van der Waals surface area contributed by atoms with Gasteiger partial charge in [-0.2, -0.15) is 0 Å². The zero-order valence-corrected chi connectivity index (χ0v) is 12.5. The first-order valence-electron chi connectivity index (χ1n) is 7.78. The Morgan fingerprint density at radius 3 is 3.15 bits per heavy atom. The first kappa shape index (κ1) is 14.9. The molecule has 1 aromatic carbocycles. The minimum absolute atomic E-state index is 0.493. The molecule has 0 spiro atoms. The molecule has 20 heavy (non-hydrogen) atoms. The molecule has 2 nitrogen and oxygen atoms in total. The number of benzene rings is 1. The first-order chi connectivity index (χ1) is 9.86. The maximum Gasteiger partial charge on any atom is 0.122 e. The van der Waals surface area contributed by atoms with Gasteiger partial charge in [-0.15, -0.1) is 12.3 Å². The molecule has 1 unspecified atom stereocenters. The van der Waals surface area contributed by atoms with Crippen LogP contribution in [0.5, 0.6) is 5.75 Å². The molecule has 0 heterocycles. The van der Waals surface area contributed by atoms with Crippen molar-refractivity contribution in [2.45, 2.75) is 51.5 Å². The summed E-state index contributed by atoms with van der Waals surface area (Å²) in [5, 5.41) is 3.65. The van der Waals surface area contributed by atoms with E-state index in [0.717, 1.165) is 31.6 Å². The lowest BCUT2D eigenvalue weighted by atomic mass is 9.87. The highest BCUT2D eigenvalue weighted by atomic mass is 16.5. The van der Waals surface area contributed by atoms with E-state index < -0.39 is 0 Å². The normalized spacial score (nSPS) is 17.3. The lowest BCUT2D eigenvalue weighted by Crippen LogP contribution is -2.26. The molecule has 1 N–H and O–H groups in total. The average molecular weight is 271 g/mol. The number of unbranched alkanes of at least 4 members (excludes halogenated alkanes) is 1. The molecule has 2 rings (SSSR count). The summed E-state index contributed by atoms with van der Waals surface area (Å²) in [6.07, 6.45) is 11.8. The molecule has 1 aromatic rings. The highest BCUT2D eigenvalue weighted by Crippen LogP contribution is 2.35. The predicted octanol–water partition coefficient (Wildman–Crippen LogP) is 3.86. The Bertz CT molecular complexity index is 461. The molecule has 0 aliphatic heterocycles. The second-order valence-corrected chi connectivity index (χ2v) is 5.38. The van der Waals surface area contributed by atoms with Crippen LogP contribution in [0.25, 0.3) is 0 Å². The van der Waals surface area contributed by atoms with Crippen molar-refractivity contribution < 1.29 is 4.74 Å². The van der Waals surface area contributed by atoms with Crippen molar-refractivity contribution in [2.24, 2.45) is 0 Å². The summed E-state index contributed by atoms with van der Waals surface area (Å²) in [5.74, 6) is 3.71. The van der Waals surface area contributed by atoms with Gasteiger partial charge in [0.1, 0.15) is 5.75 Å². The number of hydrogen-bond acceptors (Lipinski definition) is 2. The highest BCUT2D eigenvalue weighted by Gasteiger charge is 2.22. The smallest absolute Gasteiger partial charge is 0.122 e. The predicted molar refractivity (Wildman–Crippen MR) is 84.0 cm³/mol. The van der Waals surface area contributed by atoms with Crippen molar-refractivity contribution in [3.63, 3.8) is 0 Å². The SMILES string of the molecule is C#CCCCOc1cccc2c1CCCC2NCCC. The minimum Gasteiger partial charge on any atom is -0.493 e. The Hall–Kier alpha value is -1.46. The number of nitrogens with one attached hydrogen (secondary N) is 1. The minimum atomic E-state index is 0.493. The molecule has 0 saturated carbocycles. The van der Waals surface area contributed by atoms with Gasteiger partial charge < -0.3 is 10.1 Å². The van der Waals surface area contributed by atoms with Crippen LogP contribution in [0.4, 0.5) is 0 Å². The van der Waals surface area contributed by atoms with E-state index in [9.17, 15) is 0 Å². The van der Waals surface area contributed by atoms with Gasteiger partial charge in [0.05, 0.1) is 6.61 Å². The summed E-state index contributed by atoms with van der Waals surface area (Å²) in [6, 6.07) is 6.95. The third-order valence-corrected chi connectivity index (χ3v) is 3.83. The van der Waals surface area contributed by atoms with Crippen molar-refractivity contribution >= 4 is 0 Å². The van der Waals surface area contributed by atoms with Gasteiger partial charge in [0.2, 0.25) is 0 Å². The molecule has 0 radical (unpaired) electrons. The Morgan fingerprint density at radius 2 is 2.35 bits per heavy atom. The summed E-state index contributed by atoms with van der Waals surface area (Å²) in [5.41, 5.74) is 2.83. The van der Waals surface area contributed by atoms with Gasteiger partial charge in [0.15, 0.2) is 0 Å². The van der Waals surface area contributed by atoms with Gasteiger partial charge in [-0.3, -0.25) is 0 Å². The van der Waals surface area contributed by atoms with Crippen molar-refractivity contribution in [3.05, 3.63) is 29.3 Å². The van der Waals surface area contributed by atoms with Crippen LogP contribution < -0.4 is 10.1 Å². The molecule has 0 amide bonds. The Labute approximate surface area is 122 Å². The lowest BCUT2D eigenvalue weighted by molar-refractivity contribution is 0.306. The molecule has 1 atom stereocenters. The maximum atomic E-state index is 5.94. The lowest BCUT2D eigenvalue weighted by Gasteiger charge is -2.28. The maximum absolute atomic E-state index is 5.94. The summed E-state index contributed by atoms with van der Waals surface area (Å²) in [7, 11) is 0. The fourth-order valence-electron chi connectivity index (χ4n) is 2.84. The van der Waals surface area contributed by atoms with Crippen LogP contribution in [0.2, 0.25) is 0 Å². The van der Waals surface area contributed by atoms with Crippen LogP contribution in [0.15, 0.2) is 18.2 Å². The second-order valence-electron chi connectivity index (χ2n) is 5.38. The monoisotopic (exact) mass is 271 g/mol. The number of fused-ring (bicyclic) bond motifs is 1. The average Bonchev–Trinajstić information content (AvgIpc) is 2.49. The fourth-order valence-corrected chi connectivity index (χ4v) is 2.84. The molecule has 0 aromatic heterocycles. The number of rotatable bonds is 7. The Balaban J connectivity index is 2.06. The van der Waals surface area contributed by atoms with E-state index in [1.165, 1.54) is 30.4 Å². The first-order valence-corrected chi connectivity index (χ1v) is 7.78. The Kier molecular flexibility index (Phi) is 5.95. The molecular formula is C18H25NO. The van der Waals surface area contributed by atoms with Crippen molar-refractivity contribution in [1.82, 2.24) is 5.32 Å². The molecule has 0 bridgehead atoms. The van der Waals surface area contributed by atoms with Crippen molar-refractivity contribution in [3.8, 4) is 18.1 Å². The van der Waals surface area contributed by atoms with Crippen LogP contribution in [0.1, 0.15) is 56.2 Å². The largest absolute Gasteiger partial charge is 0.493 e. The van der Waals surface area contributed by atoms with Crippen molar-refractivity contribution in [2.75, 3.05) is 13.2 Å². The van der Waals surface area contributed by atoms with Gasteiger partial charge in [-0.05, 0) is 55.8 Å². The van der Waals surface area contributed by atoms with Crippen LogP contribution in [-0.4, -0.2) is 13.2 Å². The van der Waals surface area contributed by atoms with Crippen LogP contribution >= 0.6 is 0 Å². The van der Waals surface area contributed by atoms with E-state index in [1.54, 1.807) is 0 Å². The fraction of sp³-hybridized carbons (Fsp3) is 0.556. The molecule has 108 valence electrons. The number of terminal acetylenes is 1. The van der Waals surface area contributed by atoms with Crippen LogP contribution in [-0.2, 0) is 6.42 Å². The zero-order valence-electron chi connectivity index (χ0n) is 12.5. The molecular weight excluding hydrogens is 246 g/mol. The zero-order chi connectivity index (χ0) is 14.2. The number of hydrogen-bond donors (Lipinski definition) is 1. The van der Waals surface area contributed by atoms with E-state index >= 15 is 0 Å². The van der Waals surface area contributed by atoms with Crippen molar-refractivity contribution in [1.29, 1.82) is 0 Å². The molecule has 2 heteroatoms. The molecule has 1 aliphatic carbocycles. The van der Waals surface area contributed by atoms with Gasteiger partial charge in [-0.1, -0.05) is 19.1 Å². The highest BCUT2D eigenvalue weighted by molar-refractivity contribution is 5.43. The van der Waals surface area contributed by atoms with Gasteiger partial charge in [0, 0.05) is 12.5 Å². The summed E-state index contributed by atoms with van der Waals surface area (Å²) < 4.78 is 5.94. The summed E-state index contributed by atoms with van der Waals surface area (Å²) >= 11 is 0. The van der Waals surface area contributed by atoms with E-state index in [0.29, 0.717) is 12.6 Å². The molecule has 0 saturated heterocycles. The summed E-state index contributed by atoms with van der Waals surface area (Å²) in [4.78, 5) is 0. The number of ether oxygens (including phenoxy) is 1. The topological polar surface area (TPSA) is 21.3 Å². The second kappa shape index (κ2) is 7.97. The third-order valence-electron chi connectivity index (χ3n) is 3.83. The van der Waals surface area contributed by atoms with Crippen LogP contribution in [0, 0.1) is 12.3 Å². The van der Waals surface area contributed by atoms with E-state index in [4.69, 9.17) is 11.2 Å². The molecule has 1 aliphatic rings. The van der Waals surface area contributed by atoms with Gasteiger partial charge >= 0.3 is 0 Å². The van der Waals surface area contributed by atoms with Gasteiger partial charge in [-0.25, -0.2) is 0 Å². The van der Waals surface area contributed by atoms with E-state index in [1.807, 2.05) is 0 Å². The third kappa shape index (κ3) is 3.77. The quantitative estimate of drug-likeness (QED) is 0.600. The molecule has 0 fully saturated rings. The van der Waals surface area contributed by atoms with Gasteiger partial charge in [0.25, 0.3) is 0 Å². The summed E-state index contributed by atoms with van der Waals surface area (Å²) in [6.45, 7) is 4.01. The standard InChI is InChI=1S/C18H25NO/c1-3-5-6-14-20-18-12-8-9-15-16(18)10-7-11-17(15)19-13-4-2/h1,8-9,12,17,19H,4-7,10-11,13-14H2,2H3. The van der Waals surface area contributed by atoms with Crippen LogP contribution in [0.3, 0.4) is 0 Å². The Morgan fingerprint density at radius 1 is 1.45 bits per heavy atom. The van der Waals surface area contributed by atoms with E-state index in [2.05, 4.69) is 36.4 Å².